The zero-order valence-electron chi connectivity index (χ0n) is 10.1. The average molecular weight is 263 g/mol. The minimum absolute atomic E-state index is 0.211. The van der Waals surface area contributed by atoms with Crippen LogP contribution in [-0.2, 0) is 4.74 Å². The van der Waals surface area contributed by atoms with Crippen LogP contribution in [0.3, 0.4) is 0 Å². The number of rotatable bonds is 4. The quantitative estimate of drug-likeness (QED) is 0.490. The topological polar surface area (TPSA) is 88.1 Å². The maximum atomic E-state index is 11.8. The van der Waals surface area contributed by atoms with Crippen molar-refractivity contribution in [1.29, 1.82) is 5.26 Å². The predicted octanol–water partition coefficient (Wildman–Crippen LogP) is 1.99. The van der Waals surface area contributed by atoms with Crippen molar-refractivity contribution in [1.82, 2.24) is 0 Å². The summed E-state index contributed by atoms with van der Waals surface area (Å²) in [5, 5.41) is 11.8. The molecule has 0 bridgehead atoms. The number of anilines is 2. The zero-order valence-corrected chi connectivity index (χ0v) is 10.9. The summed E-state index contributed by atoms with van der Waals surface area (Å²) >= 11 is 4.70. The van der Waals surface area contributed by atoms with Gasteiger partial charge in [-0.1, -0.05) is 12.2 Å². The van der Waals surface area contributed by atoms with E-state index in [1.54, 1.807) is 13.8 Å². The van der Waals surface area contributed by atoms with Crippen LogP contribution in [0.2, 0.25) is 0 Å². The number of carbonyl (C=O) groups excluding carboxylic acids is 1. The summed E-state index contributed by atoms with van der Waals surface area (Å²) < 4.78 is 4.93. The fourth-order valence-corrected chi connectivity index (χ4v) is 1.68. The van der Waals surface area contributed by atoms with Crippen LogP contribution < -0.4 is 11.1 Å². The number of hydrogen-bond acceptors (Lipinski definition) is 5. The first kappa shape index (κ1) is 13.9. The molecule has 0 saturated heterocycles. The Morgan fingerprint density at radius 1 is 1.72 bits per heavy atom. The molecular formula is C12H13N3O2S. The van der Waals surface area contributed by atoms with Gasteiger partial charge >= 0.3 is 5.97 Å². The van der Waals surface area contributed by atoms with E-state index in [9.17, 15) is 4.79 Å². The highest BCUT2D eigenvalue weighted by Gasteiger charge is 2.18. The van der Waals surface area contributed by atoms with Gasteiger partial charge in [-0.3, -0.25) is 0 Å². The van der Waals surface area contributed by atoms with E-state index in [2.05, 4.69) is 5.32 Å². The molecule has 0 aromatic heterocycles. The van der Waals surface area contributed by atoms with Gasteiger partial charge in [0.2, 0.25) is 0 Å². The lowest BCUT2D eigenvalue weighted by molar-refractivity contribution is 0.0525. The molecule has 0 spiro atoms. The number of benzene rings is 1. The standard InChI is InChI=1S/C12H13N3O2S/c1-3-17-12(16)9-4-8(5-13)10(14)11(7(9)2)15-6-18/h4,6H,3,14H2,1-2H3,(H,15,18). The summed E-state index contributed by atoms with van der Waals surface area (Å²) in [6, 6.07) is 3.37. The van der Waals surface area contributed by atoms with Gasteiger partial charge in [0.1, 0.15) is 6.07 Å². The second-order valence-electron chi connectivity index (χ2n) is 3.48. The first-order valence-electron chi connectivity index (χ1n) is 5.27. The number of nitrogen functional groups attached to an aromatic ring is 1. The van der Waals surface area contributed by atoms with Crippen LogP contribution in [0.15, 0.2) is 6.07 Å². The normalized spacial score (nSPS) is 9.39. The smallest absolute Gasteiger partial charge is 0.338 e. The number of hydrogen-bond donors (Lipinski definition) is 2. The van der Waals surface area contributed by atoms with Gasteiger partial charge in [0, 0.05) is 0 Å². The van der Waals surface area contributed by atoms with Crippen molar-refractivity contribution in [3.8, 4) is 6.07 Å². The van der Waals surface area contributed by atoms with Crippen LogP contribution in [0.5, 0.6) is 0 Å². The Morgan fingerprint density at radius 2 is 2.39 bits per heavy atom. The first-order chi connectivity index (χ1) is 8.56. The fourth-order valence-electron chi connectivity index (χ4n) is 1.56. The molecule has 0 fully saturated rings. The van der Waals surface area contributed by atoms with Crippen LogP contribution in [0.1, 0.15) is 28.4 Å². The number of carbonyl (C=O) groups is 1. The maximum absolute atomic E-state index is 11.8. The highest BCUT2D eigenvalue weighted by atomic mass is 32.1. The molecule has 0 amide bonds. The second-order valence-corrected chi connectivity index (χ2v) is 3.72. The number of ether oxygens (including phenoxy) is 1. The monoisotopic (exact) mass is 263 g/mol. The molecule has 0 atom stereocenters. The lowest BCUT2D eigenvalue weighted by Crippen LogP contribution is -2.11. The van der Waals surface area contributed by atoms with E-state index in [0.29, 0.717) is 16.8 Å². The third-order valence-electron chi connectivity index (χ3n) is 2.45. The number of thiocarbonyl (C=S) groups is 1. The Labute approximate surface area is 111 Å². The Bertz CT molecular complexity index is 535. The third kappa shape index (κ3) is 2.57. The molecule has 5 nitrogen and oxygen atoms in total. The molecule has 1 rings (SSSR count). The Hall–Kier alpha value is -2.13. The Morgan fingerprint density at radius 3 is 2.89 bits per heavy atom. The number of nitrogens with zero attached hydrogens (tertiary/aromatic N) is 1. The summed E-state index contributed by atoms with van der Waals surface area (Å²) in [5.74, 6) is -0.487. The summed E-state index contributed by atoms with van der Waals surface area (Å²) in [4.78, 5) is 11.8. The van der Waals surface area contributed by atoms with Crippen LogP contribution in [-0.4, -0.2) is 18.1 Å². The Kier molecular flexibility index (Phi) is 4.63. The van der Waals surface area contributed by atoms with E-state index < -0.39 is 5.97 Å². The van der Waals surface area contributed by atoms with Crippen molar-refractivity contribution in [3.63, 3.8) is 0 Å². The molecule has 0 aliphatic heterocycles. The molecule has 0 heterocycles. The van der Waals surface area contributed by atoms with E-state index in [1.165, 1.54) is 11.6 Å². The molecule has 94 valence electrons. The third-order valence-corrected chi connectivity index (χ3v) is 2.56. The number of nitriles is 1. The van der Waals surface area contributed by atoms with Crippen molar-refractivity contribution < 1.29 is 9.53 Å². The van der Waals surface area contributed by atoms with Crippen LogP contribution in [0.25, 0.3) is 0 Å². The number of nitrogens with two attached hydrogens (primary N) is 1. The Balaban J connectivity index is 3.45. The minimum Gasteiger partial charge on any atom is -0.462 e. The highest BCUT2D eigenvalue weighted by molar-refractivity contribution is 7.79. The van der Waals surface area contributed by atoms with Gasteiger partial charge < -0.3 is 15.8 Å². The lowest BCUT2D eigenvalue weighted by Gasteiger charge is -2.14. The predicted molar refractivity (Wildman–Crippen MR) is 73.5 cm³/mol. The van der Waals surface area contributed by atoms with Gasteiger partial charge in [0.25, 0.3) is 0 Å². The van der Waals surface area contributed by atoms with Gasteiger partial charge in [-0.05, 0) is 25.5 Å². The van der Waals surface area contributed by atoms with Crippen molar-refractivity contribution in [3.05, 3.63) is 22.8 Å². The molecule has 0 radical (unpaired) electrons. The summed E-state index contributed by atoms with van der Waals surface area (Å²) in [5.41, 5.74) is 8.95. The average Bonchev–Trinajstić information content (AvgIpc) is 2.35. The lowest BCUT2D eigenvalue weighted by atomic mass is 10.0. The maximum Gasteiger partial charge on any atom is 0.338 e. The molecule has 0 unspecified atom stereocenters. The zero-order chi connectivity index (χ0) is 13.7. The van der Waals surface area contributed by atoms with E-state index in [-0.39, 0.29) is 17.9 Å². The molecule has 1 aromatic rings. The first-order valence-corrected chi connectivity index (χ1v) is 5.74. The van der Waals surface area contributed by atoms with Gasteiger partial charge in [-0.25, -0.2) is 4.79 Å². The van der Waals surface area contributed by atoms with E-state index >= 15 is 0 Å². The summed E-state index contributed by atoms with van der Waals surface area (Å²) in [6.07, 6.45) is 0. The van der Waals surface area contributed by atoms with Crippen molar-refractivity contribution in [2.45, 2.75) is 13.8 Å². The summed E-state index contributed by atoms with van der Waals surface area (Å²) in [6.45, 7) is 3.69. The number of nitrogens with one attached hydrogen (secondary N) is 1. The SMILES string of the molecule is CCOC(=O)c1cc(C#N)c(N)c(NC=S)c1C. The fraction of sp³-hybridized carbons (Fsp3) is 0.250. The molecule has 18 heavy (non-hydrogen) atoms. The summed E-state index contributed by atoms with van der Waals surface area (Å²) in [7, 11) is 0. The molecule has 0 saturated carbocycles. The van der Waals surface area contributed by atoms with Gasteiger partial charge in [0.15, 0.2) is 0 Å². The van der Waals surface area contributed by atoms with E-state index in [1.807, 2.05) is 6.07 Å². The number of esters is 1. The molecule has 3 N–H and O–H groups in total. The van der Waals surface area contributed by atoms with E-state index in [0.717, 1.165) is 0 Å². The molecule has 6 heteroatoms. The minimum atomic E-state index is -0.487. The van der Waals surface area contributed by atoms with Crippen molar-refractivity contribution in [2.24, 2.45) is 0 Å². The molecular weight excluding hydrogens is 250 g/mol. The van der Waals surface area contributed by atoms with Crippen molar-refractivity contribution in [2.75, 3.05) is 17.7 Å². The molecule has 0 aliphatic carbocycles. The van der Waals surface area contributed by atoms with Crippen LogP contribution >= 0.6 is 12.2 Å². The van der Waals surface area contributed by atoms with Crippen LogP contribution in [0, 0.1) is 18.3 Å². The van der Waals surface area contributed by atoms with Gasteiger partial charge in [0.05, 0.1) is 34.6 Å². The van der Waals surface area contributed by atoms with Crippen LogP contribution in [0.4, 0.5) is 11.4 Å². The highest BCUT2D eigenvalue weighted by Crippen LogP contribution is 2.30. The largest absolute Gasteiger partial charge is 0.462 e. The molecule has 0 aliphatic rings. The van der Waals surface area contributed by atoms with Crippen molar-refractivity contribution >= 4 is 35.1 Å². The van der Waals surface area contributed by atoms with Gasteiger partial charge in [-0.2, -0.15) is 5.26 Å². The second kappa shape index (κ2) is 5.98. The van der Waals surface area contributed by atoms with E-state index in [4.69, 9.17) is 28.0 Å². The van der Waals surface area contributed by atoms with Gasteiger partial charge in [-0.15, -0.1) is 0 Å². The molecule has 1 aromatic carbocycles.